The van der Waals surface area contributed by atoms with Crippen LogP contribution in [0.4, 0.5) is 0 Å². The third-order valence-corrected chi connectivity index (χ3v) is 6.46. The van der Waals surface area contributed by atoms with Gasteiger partial charge in [-0.2, -0.15) is 0 Å². The van der Waals surface area contributed by atoms with Crippen molar-refractivity contribution in [2.45, 2.75) is 63.9 Å². The Labute approximate surface area is 194 Å². The largest absolute Gasteiger partial charge is 0.328 e. The molecule has 170 valence electrons. The summed E-state index contributed by atoms with van der Waals surface area (Å²) >= 11 is 0. The third kappa shape index (κ3) is 6.27. The fourth-order valence-electron chi connectivity index (χ4n) is 4.45. The van der Waals surface area contributed by atoms with E-state index in [4.69, 9.17) is 4.52 Å². The Morgan fingerprint density at radius 1 is 0.656 bits per heavy atom. The van der Waals surface area contributed by atoms with E-state index in [9.17, 15) is 9.79 Å². The van der Waals surface area contributed by atoms with Crippen LogP contribution in [0.2, 0.25) is 0 Å². The van der Waals surface area contributed by atoms with Gasteiger partial charge in [0.2, 0.25) is 0 Å². The summed E-state index contributed by atoms with van der Waals surface area (Å²) in [5.74, 6) is 0. The van der Waals surface area contributed by atoms with Crippen LogP contribution < -0.4 is 0 Å². The van der Waals surface area contributed by atoms with Gasteiger partial charge in [0, 0.05) is 0 Å². The second-order valence-electron chi connectivity index (χ2n) is 8.29. The molecule has 3 aromatic rings. The topological polar surface area (TPSA) is 49.7 Å². The Morgan fingerprint density at radius 3 is 1.72 bits per heavy atom. The molecule has 0 spiro atoms. The summed E-state index contributed by atoms with van der Waals surface area (Å²) in [7, 11) is -2.60. The van der Waals surface area contributed by atoms with Gasteiger partial charge in [0.25, 0.3) is 0 Å². The van der Waals surface area contributed by atoms with Gasteiger partial charge < -0.3 is 9.79 Å². The zero-order valence-electron chi connectivity index (χ0n) is 19.0. The Bertz CT molecular complexity index is 873. The molecule has 0 aliphatic carbocycles. The average molecular weight is 451 g/mol. The van der Waals surface area contributed by atoms with Crippen LogP contribution in [0.3, 0.4) is 0 Å². The van der Waals surface area contributed by atoms with E-state index in [1.165, 1.54) is 44.1 Å². The van der Waals surface area contributed by atoms with Crippen LogP contribution in [0, 0.1) is 0 Å². The molecule has 3 nitrogen and oxygen atoms in total. The van der Waals surface area contributed by atoms with Gasteiger partial charge in [0.1, 0.15) is 0 Å². The van der Waals surface area contributed by atoms with Crippen LogP contribution in [0.5, 0.6) is 0 Å². The first kappa shape index (κ1) is 24.6. The maximum absolute atomic E-state index is 10.1. The maximum atomic E-state index is 10.1. The summed E-state index contributed by atoms with van der Waals surface area (Å²) in [4.78, 5) is 20.2. The predicted octanol–water partition coefficient (Wildman–Crippen LogP) is 7.50. The molecule has 0 bridgehead atoms. The number of aryl methyl sites for hydroxylation is 1. The molecule has 0 heterocycles. The summed E-state index contributed by atoms with van der Waals surface area (Å²) in [6.07, 6.45) is 9.72. The minimum atomic E-state index is -2.60. The van der Waals surface area contributed by atoms with Gasteiger partial charge >= 0.3 is 8.60 Å². The number of benzene rings is 3. The van der Waals surface area contributed by atoms with Crippen molar-refractivity contribution < 1.29 is 14.3 Å². The monoisotopic (exact) mass is 450 g/mol. The molecule has 0 saturated heterocycles. The van der Waals surface area contributed by atoms with E-state index in [0.717, 1.165) is 29.5 Å². The Balaban J connectivity index is 1.97. The molecular formula is C28H35O3P. The third-order valence-electron chi connectivity index (χ3n) is 6.03. The molecule has 0 aliphatic heterocycles. The van der Waals surface area contributed by atoms with Gasteiger partial charge in [0.15, 0.2) is 5.60 Å². The van der Waals surface area contributed by atoms with Crippen LogP contribution in [-0.4, -0.2) is 9.79 Å². The van der Waals surface area contributed by atoms with E-state index in [0.29, 0.717) is 0 Å². The fraction of sp³-hybridized carbons (Fsp3) is 0.357. The molecule has 3 rings (SSSR count). The summed E-state index contributed by atoms with van der Waals surface area (Å²) in [6, 6.07) is 28.0. The molecule has 0 radical (unpaired) electrons. The number of hydrogen-bond donors (Lipinski definition) is 2. The zero-order valence-corrected chi connectivity index (χ0v) is 19.9. The molecule has 0 fully saturated rings. The molecule has 0 atom stereocenters. The minimum Gasteiger partial charge on any atom is -0.328 e. The molecule has 0 aliphatic rings. The molecule has 4 heteroatoms. The first-order valence-corrected chi connectivity index (χ1v) is 12.9. The predicted molar refractivity (Wildman–Crippen MR) is 133 cm³/mol. The quantitative estimate of drug-likeness (QED) is 0.161. The summed E-state index contributed by atoms with van der Waals surface area (Å²) in [5.41, 5.74) is 2.84. The van der Waals surface area contributed by atoms with Crippen LogP contribution in [-0.2, 0) is 16.5 Å². The number of rotatable bonds is 13. The summed E-state index contributed by atoms with van der Waals surface area (Å²) in [6.45, 7) is 2.25. The minimum absolute atomic E-state index is 0.883. The molecule has 0 saturated carbocycles. The fourth-order valence-corrected chi connectivity index (χ4v) is 5.01. The van der Waals surface area contributed by atoms with Gasteiger partial charge in [-0.25, -0.2) is 0 Å². The first-order valence-electron chi connectivity index (χ1n) is 11.7. The van der Waals surface area contributed by atoms with Gasteiger partial charge in [-0.1, -0.05) is 130 Å². The van der Waals surface area contributed by atoms with Crippen molar-refractivity contribution in [2.24, 2.45) is 0 Å². The van der Waals surface area contributed by atoms with E-state index in [2.05, 4.69) is 25.1 Å². The van der Waals surface area contributed by atoms with Crippen LogP contribution >= 0.6 is 8.60 Å². The molecule has 0 amide bonds. The van der Waals surface area contributed by atoms with E-state index in [-0.39, 0.29) is 0 Å². The van der Waals surface area contributed by atoms with Crippen molar-refractivity contribution in [2.75, 3.05) is 0 Å². The van der Waals surface area contributed by atoms with Crippen molar-refractivity contribution in [3.05, 3.63) is 107 Å². The van der Waals surface area contributed by atoms with Gasteiger partial charge in [-0.05, 0) is 35.1 Å². The summed E-state index contributed by atoms with van der Waals surface area (Å²) in [5, 5.41) is 0. The Hall–Kier alpha value is -2.03. The molecular weight excluding hydrogens is 415 g/mol. The van der Waals surface area contributed by atoms with Gasteiger partial charge in [0.05, 0.1) is 0 Å². The zero-order chi connectivity index (χ0) is 22.7. The lowest BCUT2D eigenvalue weighted by Gasteiger charge is -2.37. The second-order valence-corrected chi connectivity index (χ2v) is 8.97. The SMILES string of the molecule is CCCCCCCCCc1ccccc1C(OP(O)O)(c1ccccc1)c1ccccc1. The van der Waals surface area contributed by atoms with Crippen LogP contribution in [0.1, 0.15) is 74.1 Å². The van der Waals surface area contributed by atoms with E-state index in [1.807, 2.05) is 66.7 Å². The van der Waals surface area contributed by atoms with Crippen molar-refractivity contribution in [1.82, 2.24) is 0 Å². The molecule has 2 N–H and O–H groups in total. The highest BCUT2D eigenvalue weighted by molar-refractivity contribution is 7.39. The maximum Gasteiger partial charge on any atom is 0.328 e. The Morgan fingerprint density at radius 2 is 1.16 bits per heavy atom. The highest BCUT2D eigenvalue weighted by Crippen LogP contribution is 2.49. The van der Waals surface area contributed by atoms with Crippen molar-refractivity contribution in [1.29, 1.82) is 0 Å². The average Bonchev–Trinajstić information content (AvgIpc) is 2.83. The normalized spacial score (nSPS) is 11.8. The molecule has 32 heavy (non-hydrogen) atoms. The highest BCUT2D eigenvalue weighted by Gasteiger charge is 2.41. The summed E-state index contributed by atoms with van der Waals surface area (Å²) < 4.78 is 6.08. The second kappa shape index (κ2) is 12.9. The lowest BCUT2D eigenvalue weighted by atomic mass is 9.77. The van der Waals surface area contributed by atoms with Crippen LogP contribution in [0.25, 0.3) is 0 Å². The highest BCUT2D eigenvalue weighted by atomic mass is 31.2. The van der Waals surface area contributed by atoms with Crippen molar-refractivity contribution >= 4 is 8.60 Å². The van der Waals surface area contributed by atoms with Gasteiger partial charge in [-0.15, -0.1) is 0 Å². The van der Waals surface area contributed by atoms with Crippen LogP contribution in [0.15, 0.2) is 84.9 Å². The molecule has 0 unspecified atom stereocenters. The van der Waals surface area contributed by atoms with E-state index >= 15 is 0 Å². The Kier molecular flexibility index (Phi) is 9.89. The lowest BCUT2D eigenvalue weighted by Crippen LogP contribution is -2.32. The van der Waals surface area contributed by atoms with Crippen molar-refractivity contribution in [3.63, 3.8) is 0 Å². The molecule has 0 aromatic heterocycles. The molecule has 3 aromatic carbocycles. The smallest absolute Gasteiger partial charge is 0.328 e. The van der Waals surface area contributed by atoms with E-state index < -0.39 is 14.2 Å². The standard InChI is InChI=1S/C28H35O3P/c1-2-3-4-5-6-7-10-17-24-18-15-16-23-27(24)28(31-32(29)30,25-19-11-8-12-20-25)26-21-13-9-14-22-26/h8-9,11-16,18-23,29-30H,2-7,10,17H2,1H3. The number of hydrogen-bond acceptors (Lipinski definition) is 3. The number of unbranched alkanes of at least 4 members (excludes halogenated alkanes) is 6. The first-order chi connectivity index (χ1) is 15.7. The van der Waals surface area contributed by atoms with Crippen molar-refractivity contribution in [3.8, 4) is 0 Å². The lowest BCUT2D eigenvalue weighted by molar-refractivity contribution is 0.129. The van der Waals surface area contributed by atoms with Gasteiger partial charge in [-0.3, -0.25) is 4.52 Å². The van der Waals surface area contributed by atoms with E-state index in [1.54, 1.807) is 0 Å².